The zero-order chi connectivity index (χ0) is 22.2. The van der Waals surface area contributed by atoms with Gasteiger partial charge in [-0.05, 0) is 60.7 Å². The van der Waals surface area contributed by atoms with Gasteiger partial charge >= 0.3 is 0 Å². The molecule has 6 nitrogen and oxygen atoms in total. The molecular weight excluding hydrogens is 416 g/mol. The van der Waals surface area contributed by atoms with Crippen LogP contribution in [0.4, 0.5) is 5.69 Å². The lowest BCUT2D eigenvalue weighted by Crippen LogP contribution is -2.31. The van der Waals surface area contributed by atoms with Crippen LogP contribution in [-0.4, -0.2) is 44.0 Å². The number of likely N-dealkylation sites (N-methyl/N-ethyl adjacent to an activating group) is 1. The van der Waals surface area contributed by atoms with Crippen LogP contribution in [0.3, 0.4) is 0 Å². The van der Waals surface area contributed by atoms with Crippen molar-refractivity contribution in [2.45, 2.75) is 0 Å². The molecule has 0 aliphatic heterocycles. The van der Waals surface area contributed by atoms with Crippen LogP contribution in [0.5, 0.6) is 11.5 Å². The first-order chi connectivity index (χ1) is 15.0. The number of hydrogen-bond donors (Lipinski definition) is 1. The van der Waals surface area contributed by atoms with E-state index in [1.54, 1.807) is 91.9 Å². The molecule has 1 N–H and O–H groups in total. The number of ether oxygens (including phenoxy) is 2. The van der Waals surface area contributed by atoms with Crippen LogP contribution < -0.4 is 14.8 Å². The van der Waals surface area contributed by atoms with Gasteiger partial charge in [-0.2, -0.15) is 0 Å². The van der Waals surface area contributed by atoms with Crippen LogP contribution in [0.15, 0.2) is 72.8 Å². The minimum Gasteiger partial charge on any atom is -0.497 e. The fourth-order valence-corrected chi connectivity index (χ4v) is 2.98. The number of hydrogen-bond acceptors (Lipinski definition) is 4. The Bertz CT molecular complexity index is 1040. The summed E-state index contributed by atoms with van der Waals surface area (Å²) in [6.45, 7) is 0.701. The summed E-state index contributed by atoms with van der Waals surface area (Å²) in [5.74, 6) is 0.814. The maximum atomic E-state index is 12.9. The summed E-state index contributed by atoms with van der Waals surface area (Å²) in [5.41, 5.74) is 1.31. The SMILES string of the molecule is COc1ccc(C(=O)Nc2ccccc2C(=O)N(C)CCOc2ccc(Cl)cc2)cc1. The molecule has 2 amide bonds. The fraction of sp³-hybridized carbons (Fsp3) is 0.167. The summed E-state index contributed by atoms with van der Waals surface area (Å²) in [6, 6.07) is 20.7. The summed E-state index contributed by atoms with van der Waals surface area (Å²) in [7, 11) is 3.25. The standard InChI is InChI=1S/C24H23ClN2O4/c1-27(15-16-31-20-13-9-18(25)10-14-20)24(29)21-5-3-4-6-22(21)26-23(28)17-7-11-19(30-2)12-8-17/h3-14H,15-16H2,1-2H3,(H,26,28). The summed E-state index contributed by atoms with van der Waals surface area (Å²) in [6.07, 6.45) is 0. The molecule has 3 aromatic carbocycles. The highest BCUT2D eigenvalue weighted by molar-refractivity contribution is 6.30. The molecule has 0 aliphatic carbocycles. The van der Waals surface area contributed by atoms with Crippen LogP contribution in [0.1, 0.15) is 20.7 Å². The van der Waals surface area contributed by atoms with Crippen LogP contribution in [0.2, 0.25) is 5.02 Å². The van der Waals surface area contributed by atoms with Gasteiger partial charge in [-0.15, -0.1) is 0 Å². The third kappa shape index (κ3) is 5.99. The average Bonchev–Trinajstić information content (AvgIpc) is 2.80. The third-order valence-corrected chi connectivity index (χ3v) is 4.87. The van der Waals surface area contributed by atoms with Gasteiger partial charge in [0, 0.05) is 17.6 Å². The van der Waals surface area contributed by atoms with E-state index in [1.165, 1.54) is 0 Å². The Morgan fingerprint density at radius 2 is 1.58 bits per heavy atom. The molecule has 3 rings (SSSR count). The van der Waals surface area contributed by atoms with Crippen LogP contribution in [-0.2, 0) is 0 Å². The van der Waals surface area contributed by atoms with Crippen molar-refractivity contribution in [3.63, 3.8) is 0 Å². The van der Waals surface area contributed by atoms with Crippen molar-refractivity contribution >= 4 is 29.1 Å². The van der Waals surface area contributed by atoms with E-state index in [0.717, 1.165) is 0 Å². The largest absolute Gasteiger partial charge is 0.497 e. The van der Waals surface area contributed by atoms with Gasteiger partial charge in [0.1, 0.15) is 18.1 Å². The first-order valence-corrected chi connectivity index (χ1v) is 10.0. The van der Waals surface area contributed by atoms with Crippen molar-refractivity contribution in [2.75, 3.05) is 32.6 Å². The highest BCUT2D eigenvalue weighted by atomic mass is 35.5. The molecule has 3 aromatic rings. The predicted octanol–water partition coefficient (Wildman–Crippen LogP) is 4.75. The highest BCUT2D eigenvalue weighted by Crippen LogP contribution is 2.20. The van der Waals surface area contributed by atoms with Crippen LogP contribution in [0, 0.1) is 0 Å². The number of anilines is 1. The van der Waals surface area contributed by atoms with E-state index < -0.39 is 0 Å². The lowest BCUT2D eigenvalue weighted by atomic mass is 10.1. The second kappa shape index (κ2) is 10.5. The maximum Gasteiger partial charge on any atom is 0.255 e. The molecule has 7 heteroatoms. The average molecular weight is 439 g/mol. The number of nitrogens with zero attached hydrogens (tertiary/aromatic N) is 1. The number of carbonyl (C=O) groups is 2. The first-order valence-electron chi connectivity index (χ1n) is 9.66. The smallest absolute Gasteiger partial charge is 0.255 e. The van der Waals surface area contributed by atoms with Gasteiger partial charge in [0.05, 0.1) is 24.9 Å². The number of amides is 2. The number of benzene rings is 3. The fourth-order valence-electron chi connectivity index (χ4n) is 2.85. The van der Waals surface area contributed by atoms with E-state index in [2.05, 4.69) is 5.32 Å². The molecule has 0 fully saturated rings. The second-order valence-corrected chi connectivity index (χ2v) is 7.19. The van der Waals surface area contributed by atoms with E-state index >= 15 is 0 Å². The molecule has 160 valence electrons. The van der Waals surface area contributed by atoms with Gasteiger partial charge in [0.15, 0.2) is 0 Å². The summed E-state index contributed by atoms with van der Waals surface area (Å²) in [5, 5.41) is 3.45. The summed E-state index contributed by atoms with van der Waals surface area (Å²) in [4.78, 5) is 27.1. The van der Waals surface area contributed by atoms with Crippen molar-refractivity contribution in [1.82, 2.24) is 4.90 Å². The minimum atomic E-state index is -0.309. The van der Waals surface area contributed by atoms with Gasteiger partial charge in [-0.25, -0.2) is 0 Å². The van der Waals surface area contributed by atoms with E-state index in [9.17, 15) is 9.59 Å². The van der Waals surface area contributed by atoms with Crippen LogP contribution >= 0.6 is 11.6 Å². The monoisotopic (exact) mass is 438 g/mol. The van der Waals surface area contributed by atoms with Gasteiger partial charge in [-0.3, -0.25) is 9.59 Å². The number of halogens is 1. The lowest BCUT2D eigenvalue weighted by Gasteiger charge is -2.19. The van der Waals surface area contributed by atoms with E-state index in [1.807, 2.05) is 0 Å². The summed E-state index contributed by atoms with van der Waals surface area (Å²) >= 11 is 5.87. The zero-order valence-electron chi connectivity index (χ0n) is 17.3. The predicted molar refractivity (Wildman–Crippen MR) is 121 cm³/mol. The number of nitrogens with one attached hydrogen (secondary N) is 1. The van der Waals surface area contributed by atoms with Crippen molar-refractivity contribution in [3.05, 3.63) is 88.9 Å². The molecule has 0 spiro atoms. The lowest BCUT2D eigenvalue weighted by molar-refractivity contribution is 0.0775. The van der Waals surface area contributed by atoms with Crippen molar-refractivity contribution in [2.24, 2.45) is 0 Å². The third-order valence-electron chi connectivity index (χ3n) is 4.61. The molecule has 0 unspecified atom stereocenters. The number of methoxy groups -OCH3 is 1. The Morgan fingerprint density at radius 3 is 2.26 bits per heavy atom. The number of para-hydroxylation sites is 1. The number of rotatable bonds is 8. The maximum absolute atomic E-state index is 12.9. The molecule has 31 heavy (non-hydrogen) atoms. The topological polar surface area (TPSA) is 67.9 Å². The Balaban J connectivity index is 1.63. The van der Waals surface area contributed by atoms with E-state index in [0.29, 0.717) is 46.5 Å². The minimum absolute atomic E-state index is 0.217. The van der Waals surface area contributed by atoms with Crippen molar-refractivity contribution < 1.29 is 19.1 Å². The molecule has 0 radical (unpaired) electrons. The van der Waals surface area contributed by atoms with Gasteiger partial charge in [0.2, 0.25) is 0 Å². The first kappa shape index (κ1) is 22.2. The van der Waals surface area contributed by atoms with E-state index in [-0.39, 0.29) is 11.8 Å². The van der Waals surface area contributed by atoms with Gasteiger partial charge in [-0.1, -0.05) is 23.7 Å². The Hall–Kier alpha value is -3.51. The quantitative estimate of drug-likeness (QED) is 0.551. The van der Waals surface area contributed by atoms with E-state index in [4.69, 9.17) is 21.1 Å². The second-order valence-electron chi connectivity index (χ2n) is 6.76. The molecule has 0 heterocycles. The van der Waals surface area contributed by atoms with Crippen LogP contribution in [0.25, 0.3) is 0 Å². The number of carbonyl (C=O) groups excluding carboxylic acids is 2. The zero-order valence-corrected chi connectivity index (χ0v) is 18.1. The Labute approximate surface area is 186 Å². The molecule has 0 saturated heterocycles. The molecule has 0 bridgehead atoms. The Morgan fingerprint density at radius 1 is 0.935 bits per heavy atom. The molecule has 0 saturated carbocycles. The van der Waals surface area contributed by atoms with Gasteiger partial charge in [0.25, 0.3) is 11.8 Å². The van der Waals surface area contributed by atoms with Crippen molar-refractivity contribution in [3.8, 4) is 11.5 Å². The molecular formula is C24H23ClN2O4. The summed E-state index contributed by atoms with van der Waals surface area (Å²) < 4.78 is 10.8. The van der Waals surface area contributed by atoms with Crippen molar-refractivity contribution in [1.29, 1.82) is 0 Å². The molecule has 0 aliphatic rings. The molecule has 0 aromatic heterocycles. The highest BCUT2D eigenvalue weighted by Gasteiger charge is 2.17. The Kier molecular flexibility index (Phi) is 7.51. The molecule has 0 atom stereocenters. The normalized spacial score (nSPS) is 10.3. The van der Waals surface area contributed by atoms with Gasteiger partial charge < -0.3 is 19.7 Å².